The van der Waals surface area contributed by atoms with Crippen LogP contribution in [0.5, 0.6) is 5.75 Å². The van der Waals surface area contributed by atoms with Crippen molar-refractivity contribution in [2.24, 2.45) is 0 Å². The van der Waals surface area contributed by atoms with Crippen LogP contribution in [0.1, 0.15) is 24.2 Å². The summed E-state index contributed by atoms with van der Waals surface area (Å²) in [5, 5.41) is 9.27. The van der Waals surface area contributed by atoms with E-state index >= 15 is 0 Å². The van der Waals surface area contributed by atoms with E-state index < -0.39 is 6.10 Å². The average molecular weight is 251 g/mol. The molecule has 18 heavy (non-hydrogen) atoms. The molecule has 1 atom stereocenters. The predicted molar refractivity (Wildman–Crippen MR) is 71.1 cm³/mol. The molecule has 0 aliphatic rings. The summed E-state index contributed by atoms with van der Waals surface area (Å²) >= 11 is 0. The van der Waals surface area contributed by atoms with Crippen molar-refractivity contribution < 1.29 is 14.6 Å². The van der Waals surface area contributed by atoms with Crippen LogP contribution in [0.15, 0.2) is 24.3 Å². The molecule has 0 saturated carbocycles. The summed E-state index contributed by atoms with van der Waals surface area (Å²) in [5.41, 5.74) is 0.594. The van der Waals surface area contributed by atoms with Crippen LogP contribution in [0.4, 0.5) is 0 Å². The van der Waals surface area contributed by atoms with E-state index in [0.29, 0.717) is 24.5 Å². The zero-order valence-electron chi connectivity index (χ0n) is 11.2. The van der Waals surface area contributed by atoms with Crippen molar-refractivity contribution in [3.05, 3.63) is 29.8 Å². The number of carbonyl (C=O) groups excluding carboxylic acids is 1. The summed E-state index contributed by atoms with van der Waals surface area (Å²) in [7, 11) is 1.81. The van der Waals surface area contributed by atoms with Crippen molar-refractivity contribution in [1.82, 2.24) is 4.90 Å². The minimum atomic E-state index is -0.440. The Bertz CT molecular complexity index is 390. The predicted octanol–water partition coefficient (Wildman–Crippen LogP) is 1.58. The van der Waals surface area contributed by atoms with Gasteiger partial charge in [0.15, 0.2) is 5.78 Å². The number of rotatable bonds is 7. The lowest BCUT2D eigenvalue weighted by Crippen LogP contribution is -2.32. The van der Waals surface area contributed by atoms with Gasteiger partial charge in [0.05, 0.1) is 24.8 Å². The number of hydrogen-bond acceptors (Lipinski definition) is 4. The maximum absolute atomic E-state index is 12.1. The Morgan fingerprint density at radius 3 is 2.72 bits per heavy atom. The first-order valence-corrected chi connectivity index (χ1v) is 6.16. The number of ether oxygens (including phenoxy) is 1. The summed E-state index contributed by atoms with van der Waals surface area (Å²) in [5.74, 6) is 0.623. The van der Waals surface area contributed by atoms with Gasteiger partial charge in [0.1, 0.15) is 5.75 Å². The van der Waals surface area contributed by atoms with Crippen molar-refractivity contribution in [1.29, 1.82) is 0 Å². The van der Waals surface area contributed by atoms with Gasteiger partial charge in [0.2, 0.25) is 0 Å². The first-order chi connectivity index (χ1) is 8.54. The maximum Gasteiger partial charge on any atom is 0.180 e. The van der Waals surface area contributed by atoms with Gasteiger partial charge in [-0.3, -0.25) is 9.69 Å². The van der Waals surface area contributed by atoms with Gasteiger partial charge >= 0.3 is 0 Å². The number of nitrogens with zero attached hydrogens (tertiary/aromatic N) is 1. The molecule has 1 aromatic rings. The minimum Gasteiger partial charge on any atom is -0.493 e. The fraction of sp³-hybridized carbons (Fsp3) is 0.500. The maximum atomic E-state index is 12.1. The second-order valence-corrected chi connectivity index (χ2v) is 4.40. The first-order valence-electron chi connectivity index (χ1n) is 6.16. The normalized spacial score (nSPS) is 12.5. The standard InChI is InChI=1S/C14H21NO3/c1-4-18-14-8-6-5-7-12(14)13(17)10-15(3)9-11(2)16/h5-8,11,16H,4,9-10H2,1-3H3. The van der Waals surface area contributed by atoms with Crippen LogP contribution in [0.3, 0.4) is 0 Å². The lowest BCUT2D eigenvalue weighted by atomic mass is 10.1. The van der Waals surface area contributed by atoms with Gasteiger partial charge < -0.3 is 9.84 Å². The molecule has 0 saturated heterocycles. The van der Waals surface area contributed by atoms with E-state index in [-0.39, 0.29) is 12.3 Å². The molecule has 0 radical (unpaired) electrons. The van der Waals surface area contributed by atoms with E-state index in [1.807, 2.05) is 26.1 Å². The Morgan fingerprint density at radius 1 is 1.44 bits per heavy atom. The van der Waals surface area contributed by atoms with Crippen molar-refractivity contribution in [3.63, 3.8) is 0 Å². The number of hydrogen-bond donors (Lipinski definition) is 1. The fourth-order valence-corrected chi connectivity index (χ4v) is 1.82. The Kier molecular flexibility index (Phi) is 5.82. The topological polar surface area (TPSA) is 49.8 Å². The molecule has 4 nitrogen and oxygen atoms in total. The third kappa shape index (κ3) is 4.47. The van der Waals surface area contributed by atoms with E-state index in [4.69, 9.17) is 4.74 Å². The molecule has 0 aliphatic heterocycles. The van der Waals surface area contributed by atoms with Gasteiger partial charge in [-0.05, 0) is 33.0 Å². The molecule has 4 heteroatoms. The Labute approximate surface area is 108 Å². The van der Waals surface area contributed by atoms with Crippen LogP contribution in [-0.2, 0) is 0 Å². The van der Waals surface area contributed by atoms with Crippen molar-refractivity contribution >= 4 is 5.78 Å². The smallest absolute Gasteiger partial charge is 0.180 e. The Hall–Kier alpha value is -1.39. The van der Waals surface area contributed by atoms with E-state index in [1.54, 1.807) is 24.0 Å². The van der Waals surface area contributed by atoms with E-state index in [9.17, 15) is 9.90 Å². The zero-order valence-corrected chi connectivity index (χ0v) is 11.2. The highest BCUT2D eigenvalue weighted by atomic mass is 16.5. The highest BCUT2D eigenvalue weighted by Gasteiger charge is 2.14. The molecule has 0 heterocycles. The second-order valence-electron chi connectivity index (χ2n) is 4.40. The molecule has 0 aliphatic carbocycles. The number of carbonyl (C=O) groups is 1. The molecular formula is C14H21NO3. The highest BCUT2D eigenvalue weighted by Crippen LogP contribution is 2.18. The monoisotopic (exact) mass is 251 g/mol. The lowest BCUT2D eigenvalue weighted by molar-refractivity contribution is 0.0898. The van der Waals surface area contributed by atoms with Crippen LogP contribution >= 0.6 is 0 Å². The summed E-state index contributed by atoms with van der Waals surface area (Å²) in [6, 6.07) is 7.24. The average Bonchev–Trinajstić information content (AvgIpc) is 2.28. The molecule has 0 aromatic heterocycles. The number of likely N-dealkylation sites (N-methyl/N-ethyl adjacent to an activating group) is 1. The molecule has 100 valence electrons. The van der Waals surface area contributed by atoms with E-state index in [1.165, 1.54) is 0 Å². The molecule has 1 aromatic carbocycles. The second kappa shape index (κ2) is 7.13. The molecule has 0 amide bonds. The number of benzene rings is 1. The fourth-order valence-electron chi connectivity index (χ4n) is 1.82. The third-order valence-electron chi connectivity index (χ3n) is 2.48. The van der Waals surface area contributed by atoms with Crippen LogP contribution in [0.2, 0.25) is 0 Å². The lowest BCUT2D eigenvalue weighted by Gasteiger charge is -2.18. The zero-order chi connectivity index (χ0) is 13.5. The van der Waals surface area contributed by atoms with E-state index in [2.05, 4.69) is 0 Å². The highest BCUT2D eigenvalue weighted by molar-refractivity contribution is 6.00. The largest absolute Gasteiger partial charge is 0.493 e. The van der Waals surface area contributed by atoms with E-state index in [0.717, 1.165) is 0 Å². The van der Waals surface area contributed by atoms with Crippen LogP contribution < -0.4 is 4.74 Å². The molecule has 1 unspecified atom stereocenters. The van der Waals surface area contributed by atoms with Crippen molar-refractivity contribution in [3.8, 4) is 5.75 Å². The first kappa shape index (κ1) is 14.7. The summed E-state index contributed by atoms with van der Waals surface area (Å²) in [6.45, 7) is 4.88. The number of aliphatic hydroxyl groups is 1. The number of Topliss-reactive ketones (excluding diaryl/α,β-unsaturated/α-hetero) is 1. The van der Waals surface area contributed by atoms with Gasteiger partial charge in [-0.2, -0.15) is 0 Å². The number of aliphatic hydroxyl groups excluding tert-OH is 1. The molecular weight excluding hydrogens is 230 g/mol. The summed E-state index contributed by atoms with van der Waals surface area (Å²) in [6.07, 6.45) is -0.440. The quantitative estimate of drug-likeness (QED) is 0.748. The number of para-hydroxylation sites is 1. The SMILES string of the molecule is CCOc1ccccc1C(=O)CN(C)CC(C)O. The third-order valence-corrected chi connectivity index (χ3v) is 2.48. The van der Waals surface area contributed by atoms with Gasteiger partial charge in [0, 0.05) is 6.54 Å². The summed E-state index contributed by atoms with van der Waals surface area (Å²) in [4.78, 5) is 13.9. The van der Waals surface area contributed by atoms with Gasteiger partial charge in [-0.25, -0.2) is 0 Å². The number of ketones is 1. The summed E-state index contributed by atoms with van der Waals surface area (Å²) < 4.78 is 5.43. The van der Waals surface area contributed by atoms with Crippen LogP contribution in [-0.4, -0.2) is 48.6 Å². The van der Waals surface area contributed by atoms with Crippen molar-refractivity contribution in [2.75, 3.05) is 26.7 Å². The van der Waals surface area contributed by atoms with Crippen LogP contribution in [0.25, 0.3) is 0 Å². The van der Waals surface area contributed by atoms with Crippen molar-refractivity contribution in [2.45, 2.75) is 20.0 Å². The molecule has 0 fully saturated rings. The minimum absolute atomic E-state index is 0.00204. The molecule has 0 spiro atoms. The molecule has 0 bridgehead atoms. The Morgan fingerprint density at radius 2 is 2.11 bits per heavy atom. The molecule has 1 rings (SSSR count). The van der Waals surface area contributed by atoms with Crippen LogP contribution in [0, 0.1) is 0 Å². The Balaban J connectivity index is 2.71. The van der Waals surface area contributed by atoms with Gasteiger partial charge in [-0.1, -0.05) is 12.1 Å². The molecule has 1 N–H and O–H groups in total. The van der Waals surface area contributed by atoms with Gasteiger partial charge in [0.25, 0.3) is 0 Å². The van der Waals surface area contributed by atoms with Gasteiger partial charge in [-0.15, -0.1) is 0 Å².